The quantitative estimate of drug-likeness (QED) is 0.874. The Bertz CT molecular complexity index is 486. The molecule has 1 N–H and O–H groups in total. The number of aryl methyl sites for hydroxylation is 1. The molecule has 0 aliphatic heterocycles. The predicted octanol–water partition coefficient (Wildman–Crippen LogP) is 3.71. The van der Waals surface area contributed by atoms with Crippen molar-refractivity contribution in [3.8, 4) is 6.07 Å². The summed E-state index contributed by atoms with van der Waals surface area (Å²) in [5, 5.41) is 12.6. The molecule has 94 valence electrons. The Morgan fingerprint density at radius 3 is 2.89 bits per heavy atom. The van der Waals surface area contributed by atoms with E-state index in [-0.39, 0.29) is 0 Å². The molecule has 0 aromatic heterocycles. The van der Waals surface area contributed by atoms with E-state index in [2.05, 4.69) is 24.4 Å². The van der Waals surface area contributed by atoms with Crippen LogP contribution in [0.15, 0.2) is 18.2 Å². The van der Waals surface area contributed by atoms with Crippen molar-refractivity contribution in [3.63, 3.8) is 0 Å². The van der Waals surface area contributed by atoms with Crippen molar-refractivity contribution in [1.82, 2.24) is 0 Å². The van der Waals surface area contributed by atoms with Crippen molar-refractivity contribution in [2.45, 2.75) is 32.6 Å². The molecule has 0 spiro atoms. The lowest BCUT2D eigenvalue weighted by Crippen LogP contribution is -2.20. The molecule has 1 aromatic carbocycles. The standard InChI is InChI=1S/C16H20N2/c1-11-2-4-14(9-17)16(6-11)18-10-15-8-12-3-5-13(15)7-12/h2,4,6,12-13,15,18H,3,5,7-8,10H2,1H3. The fraction of sp³-hybridized carbons (Fsp3) is 0.562. The molecule has 2 heteroatoms. The van der Waals surface area contributed by atoms with Crippen LogP contribution in [0.4, 0.5) is 5.69 Å². The summed E-state index contributed by atoms with van der Waals surface area (Å²) in [7, 11) is 0. The van der Waals surface area contributed by atoms with E-state index in [4.69, 9.17) is 5.26 Å². The molecule has 2 aliphatic rings. The molecule has 0 saturated heterocycles. The second-order valence-corrected chi connectivity index (χ2v) is 5.98. The van der Waals surface area contributed by atoms with Crippen LogP contribution >= 0.6 is 0 Å². The number of nitrogens with zero attached hydrogens (tertiary/aromatic N) is 1. The predicted molar refractivity (Wildman–Crippen MR) is 73.3 cm³/mol. The van der Waals surface area contributed by atoms with Gasteiger partial charge in [-0.3, -0.25) is 0 Å². The zero-order valence-corrected chi connectivity index (χ0v) is 10.9. The maximum atomic E-state index is 9.12. The van der Waals surface area contributed by atoms with Gasteiger partial charge in [0.25, 0.3) is 0 Å². The fourth-order valence-corrected chi connectivity index (χ4v) is 3.77. The summed E-state index contributed by atoms with van der Waals surface area (Å²) in [6.45, 7) is 3.11. The number of fused-ring (bicyclic) bond motifs is 2. The zero-order chi connectivity index (χ0) is 12.5. The maximum absolute atomic E-state index is 9.12. The van der Waals surface area contributed by atoms with Gasteiger partial charge in [-0.15, -0.1) is 0 Å². The van der Waals surface area contributed by atoms with Crippen LogP contribution in [0.3, 0.4) is 0 Å². The highest BCUT2D eigenvalue weighted by Gasteiger charge is 2.39. The SMILES string of the molecule is Cc1ccc(C#N)c(NCC2CC3CCC2C3)c1. The smallest absolute Gasteiger partial charge is 0.101 e. The van der Waals surface area contributed by atoms with Gasteiger partial charge in [-0.25, -0.2) is 0 Å². The van der Waals surface area contributed by atoms with E-state index in [1.54, 1.807) is 0 Å². The number of rotatable bonds is 3. The second kappa shape index (κ2) is 4.65. The molecule has 0 radical (unpaired) electrons. The third kappa shape index (κ3) is 2.10. The molecule has 1 aromatic rings. The third-order valence-corrected chi connectivity index (χ3v) is 4.73. The van der Waals surface area contributed by atoms with Crippen LogP contribution in [-0.4, -0.2) is 6.54 Å². The first-order valence-corrected chi connectivity index (χ1v) is 7.01. The Kier molecular flexibility index (Phi) is 2.99. The van der Waals surface area contributed by atoms with E-state index in [0.717, 1.165) is 35.5 Å². The van der Waals surface area contributed by atoms with Crippen LogP contribution < -0.4 is 5.32 Å². The Morgan fingerprint density at radius 1 is 1.33 bits per heavy atom. The summed E-state index contributed by atoms with van der Waals surface area (Å²) in [6, 6.07) is 8.28. The molecule has 18 heavy (non-hydrogen) atoms. The molecule has 2 bridgehead atoms. The van der Waals surface area contributed by atoms with Crippen LogP contribution in [0.2, 0.25) is 0 Å². The number of benzene rings is 1. The topological polar surface area (TPSA) is 35.8 Å². The van der Waals surface area contributed by atoms with Gasteiger partial charge < -0.3 is 5.32 Å². The van der Waals surface area contributed by atoms with Gasteiger partial charge in [0.1, 0.15) is 6.07 Å². The minimum absolute atomic E-state index is 0.767. The molecular weight excluding hydrogens is 220 g/mol. The first-order valence-electron chi connectivity index (χ1n) is 7.01. The number of hydrogen-bond donors (Lipinski definition) is 1. The van der Waals surface area contributed by atoms with Crippen LogP contribution in [0.25, 0.3) is 0 Å². The van der Waals surface area contributed by atoms with E-state index in [1.807, 2.05) is 12.1 Å². The molecule has 3 unspecified atom stereocenters. The Hall–Kier alpha value is -1.49. The van der Waals surface area contributed by atoms with Gasteiger partial charge >= 0.3 is 0 Å². The molecule has 0 amide bonds. The summed E-state index contributed by atoms with van der Waals surface area (Å²) >= 11 is 0. The van der Waals surface area contributed by atoms with Gasteiger partial charge in [-0.05, 0) is 61.6 Å². The molecule has 3 rings (SSSR count). The van der Waals surface area contributed by atoms with Gasteiger partial charge in [-0.2, -0.15) is 5.26 Å². The van der Waals surface area contributed by atoms with Gasteiger partial charge in [0, 0.05) is 6.54 Å². The summed E-state index contributed by atoms with van der Waals surface area (Å²) in [4.78, 5) is 0. The fourth-order valence-electron chi connectivity index (χ4n) is 3.77. The van der Waals surface area contributed by atoms with Crippen LogP contribution in [-0.2, 0) is 0 Å². The molecule has 2 aliphatic carbocycles. The van der Waals surface area contributed by atoms with Gasteiger partial charge in [0.15, 0.2) is 0 Å². The van der Waals surface area contributed by atoms with E-state index in [0.29, 0.717) is 0 Å². The number of hydrogen-bond acceptors (Lipinski definition) is 2. The Morgan fingerprint density at radius 2 is 2.22 bits per heavy atom. The van der Waals surface area contributed by atoms with Crippen molar-refractivity contribution in [1.29, 1.82) is 5.26 Å². The maximum Gasteiger partial charge on any atom is 0.101 e. The van der Waals surface area contributed by atoms with Crippen LogP contribution in [0.1, 0.15) is 36.8 Å². The highest BCUT2D eigenvalue weighted by atomic mass is 14.9. The van der Waals surface area contributed by atoms with Gasteiger partial charge in [-0.1, -0.05) is 12.5 Å². The van der Waals surface area contributed by atoms with Crippen molar-refractivity contribution in [2.24, 2.45) is 17.8 Å². The minimum Gasteiger partial charge on any atom is -0.384 e. The van der Waals surface area contributed by atoms with E-state index < -0.39 is 0 Å². The third-order valence-electron chi connectivity index (χ3n) is 4.73. The van der Waals surface area contributed by atoms with Crippen molar-refractivity contribution >= 4 is 5.69 Å². The molecule has 2 fully saturated rings. The van der Waals surface area contributed by atoms with Crippen molar-refractivity contribution < 1.29 is 0 Å². The summed E-state index contributed by atoms with van der Waals surface area (Å²) in [5.74, 6) is 2.77. The van der Waals surface area contributed by atoms with Crippen LogP contribution in [0.5, 0.6) is 0 Å². The normalized spacial score (nSPS) is 29.2. The molecule has 2 saturated carbocycles. The summed E-state index contributed by atoms with van der Waals surface area (Å²) in [5.41, 5.74) is 2.99. The molecule has 0 heterocycles. The lowest BCUT2D eigenvalue weighted by Gasteiger charge is -2.22. The first kappa shape index (κ1) is 11.6. The number of nitrogens with one attached hydrogen (secondary N) is 1. The highest BCUT2D eigenvalue weighted by Crippen LogP contribution is 2.48. The number of anilines is 1. The Labute approximate surface area is 109 Å². The largest absolute Gasteiger partial charge is 0.384 e. The summed E-state index contributed by atoms with van der Waals surface area (Å²) < 4.78 is 0. The minimum atomic E-state index is 0.767. The van der Waals surface area contributed by atoms with E-state index in [9.17, 15) is 0 Å². The van der Waals surface area contributed by atoms with E-state index in [1.165, 1.54) is 31.2 Å². The monoisotopic (exact) mass is 240 g/mol. The molecular formula is C16H20N2. The molecule has 2 nitrogen and oxygen atoms in total. The van der Waals surface area contributed by atoms with Crippen molar-refractivity contribution in [2.75, 3.05) is 11.9 Å². The summed E-state index contributed by atoms with van der Waals surface area (Å²) in [6.07, 6.45) is 5.72. The second-order valence-electron chi connectivity index (χ2n) is 5.98. The van der Waals surface area contributed by atoms with Gasteiger partial charge in [0.2, 0.25) is 0 Å². The van der Waals surface area contributed by atoms with E-state index >= 15 is 0 Å². The first-order chi connectivity index (χ1) is 8.76. The highest BCUT2D eigenvalue weighted by molar-refractivity contribution is 5.58. The van der Waals surface area contributed by atoms with Crippen molar-refractivity contribution in [3.05, 3.63) is 29.3 Å². The van der Waals surface area contributed by atoms with Crippen LogP contribution in [0, 0.1) is 36.0 Å². The van der Waals surface area contributed by atoms with Gasteiger partial charge in [0.05, 0.1) is 11.3 Å². The average molecular weight is 240 g/mol. The zero-order valence-electron chi connectivity index (χ0n) is 10.9. The lowest BCUT2D eigenvalue weighted by molar-refractivity contribution is 0.348. The molecule has 3 atom stereocenters. The Balaban J connectivity index is 1.66. The lowest BCUT2D eigenvalue weighted by atomic mass is 9.89. The average Bonchev–Trinajstić information content (AvgIpc) is 2.98. The number of nitriles is 1.